The van der Waals surface area contributed by atoms with Gasteiger partial charge in [-0.1, -0.05) is 24.3 Å². The van der Waals surface area contributed by atoms with Crippen molar-refractivity contribution >= 4 is 28.7 Å². The zero-order chi connectivity index (χ0) is 26.5. The molecule has 0 saturated carbocycles. The highest BCUT2D eigenvalue weighted by Crippen LogP contribution is 2.35. The van der Waals surface area contributed by atoms with Gasteiger partial charge in [0, 0.05) is 17.8 Å². The molecular formula is C27H25N3O7. The second kappa shape index (κ2) is 10.7. The molecule has 10 nitrogen and oxygen atoms in total. The van der Waals surface area contributed by atoms with Crippen LogP contribution in [-0.4, -0.2) is 32.3 Å². The van der Waals surface area contributed by atoms with Gasteiger partial charge in [-0.05, 0) is 24.3 Å². The third-order valence-corrected chi connectivity index (χ3v) is 5.74. The van der Waals surface area contributed by atoms with Crippen molar-refractivity contribution in [2.45, 2.75) is 6.54 Å². The molecule has 0 unspecified atom stereocenters. The summed E-state index contributed by atoms with van der Waals surface area (Å²) >= 11 is 0. The van der Waals surface area contributed by atoms with Crippen molar-refractivity contribution in [1.29, 1.82) is 0 Å². The van der Waals surface area contributed by atoms with Crippen LogP contribution < -0.4 is 41.0 Å². The molecule has 0 spiro atoms. The number of anilines is 4. The predicted molar refractivity (Wildman–Crippen MR) is 140 cm³/mol. The minimum Gasteiger partial charge on any atom is -0.505 e. The van der Waals surface area contributed by atoms with Gasteiger partial charge in [0.2, 0.25) is 0 Å². The molecule has 1 amide bonds. The molecule has 4 N–H and O–H groups in total. The molecule has 0 atom stereocenters. The Kier molecular flexibility index (Phi) is 7.28. The number of benzene rings is 3. The summed E-state index contributed by atoms with van der Waals surface area (Å²) in [6.45, 7) is 0.0373. The van der Waals surface area contributed by atoms with Crippen LogP contribution in [0.2, 0.25) is 0 Å². The first-order valence-electron chi connectivity index (χ1n) is 11.2. The zero-order valence-electron chi connectivity index (χ0n) is 20.4. The normalized spacial score (nSPS) is 10.6. The summed E-state index contributed by atoms with van der Waals surface area (Å²) in [5.41, 5.74) is -0.0806. The van der Waals surface area contributed by atoms with Crippen LogP contribution in [0.5, 0.6) is 23.0 Å². The molecule has 0 bridgehead atoms. The molecule has 4 rings (SSSR count). The molecule has 0 aliphatic carbocycles. The van der Waals surface area contributed by atoms with E-state index in [1.807, 2.05) is 6.07 Å². The van der Waals surface area contributed by atoms with Crippen molar-refractivity contribution in [3.8, 4) is 23.0 Å². The first-order valence-corrected chi connectivity index (χ1v) is 11.2. The monoisotopic (exact) mass is 503 g/mol. The molecule has 0 saturated heterocycles. The fourth-order valence-corrected chi connectivity index (χ4v) is 3.77. The minimum absolute atomic E-state index is 0.00517. The highest BCUT2D eigenvalue weighted by atomic mass is 16.5. The van der Waals surface area contributed by atoms with Crippen molar-refractivity contribution in [2.24, 2.45) is 0 Å². The average molecular weight is 504 g/mol. The smallest absolute Gasteiger partial charge is 0.255 e. The molecule has 0 heterocycles. The lowest BCUT2D eigenvalue weighted by Crippen LogP contribution is -2.35. The van der Waals surface area contributed by atoms with Crippen LogP contribution in [0.4, 0.5) is 22.7 Å². The molecule has 0 fully saturated rings. The Morgan fingerprint density at radius 2 is 1.43 bits per heavy atom. The lowest BCUT2D eigenvalue weighted by atomic mass is 10.1. The molecule has 0 radical (unpaired) electrons. The number of carbonyl (C=O) groups excluding carboxylic acids is 1. The van der Waals surface area contributed by atoms with Crippen LogP contribution in [0.1, 0.15) is 15.9 Å². The number of nitrogens with one attached hydrogen (secondary N) is 3. The van der Waals surface area contributed by atoms with Crippen molar-refractivity contribution in [3.63, 3.8) is 0 Å². The van der Waals surface area contributed by atoms with Gasteiger partial charge in [-0.2, -0.15) is 0 Å². The van der Waals surface area contributed by atoms with Crippen LogP contribution in [-0.2, 0) is 6.54 Å². The van der Waals surface area contributed by atoms with E-state index in [9.17, 15) is 19.5 Å². The van der Waals surface area contributed by atoms with Crippen LogP contribution in [0.3, 0.4) is 0 Å². The largest absolute Gasteiger partial charge is 0.505 e. The number of ether oxygens (including phenoxy) is 3. The Hall–Kier alpha value is -4.99. The second-order valence-electron chi connectivity index (χ2n) is 7.92. The Bertz CT molecular complexity index is 1480. The molecule has 4 aromatic carbocycles. The number of carbonyl (C=O) groups is 1. The number of methoxy groups -OCH3 is 3. The molecule has 190 valence electrons. The van der Waals surface area contributed by atoms with E-state index in [4.69, 9.17) is 14.2 Å². The van der Waals surface area contributed by atoms with E-state index in [0.29, 0.717) is 28.5 Å². The van der Waals surface area contributed by atoms with Crippen LogP contribution in [0.25, 0.3) is 0 Å². The van der Waals surface area contributed by atoms with E-state index in [-0.39, 0.29) is 34.9 Å². The van der Waals surface area contributed by atoms with Crippen molar-refractivity contribution in [1.82, 2.24) is 5.32 Å². The Morgan fingerprint density at radius 1 is 0.811 bits per heavy atom. The summed E-state index contributed by atoms with van der Waals surface area (Å²) in [5.74, 6) is 0.477. The SMILES string of the molecule is COc1cc(OC)c(CNC(=O)c2cccc(Nc3c(Nc4ccccc4)c(=O)c3=O)c2O)c(OC)c1. The molecule has 10 heteroatoms. The quantitative estimate of drug-likeness (QED) is 0.190. The van der Waals surface area contributed by atoms with Crippen molar-refractivity contribution in [2.75, 3.05) is 32.0 Å². The summed E-state index contributed by atoms with van der Waals surface area (Å²) < 4.78 is 16.0. The standard InChI is InChI=1S/C27H25N3O7/c1-35-16-12-20(36-2)18(21(13-16)37-3)14-28-27(34)17-10-7-11-19(24(17)31)30-23-22(25(32)26(23)33)29-15-8-5-4-6-9-15/h4-13,29-31H,14H2,1-3H3,(H,28,34). The predicted octanol–water partition coefficient (Wildman–Crippen LogP) is 3.43. The first-order chi connectivity index (χ1) is 17.9. The number of hydrogen-bond acceptors (Lipinski definition) is 9. The highest BCUT2D eigenvalue weighted by Gasteiger charge is 2.24. The van der Waals surface area contributed by atoms with Gasteiger partial charge in [0.05, 0.1) is 44.7 Å². The average Bonchev–Trinajstić information content (AvgIpc) is 2.94. The molecule has 0 aromatic heterocycles. The number of rotatable bonds is 10. The third kappa shape index (κ3) is 5.03. The zero-order valence-corrected chi connectivity index (χ0v) is 20.4. The van der Waals surface area contributed by atoms with E-state index < -0.39 is 16.8 Å². The van der Waals surface area contributed by atoms with Gasteiger partial charge < -0.3 is 35.3 Å². The van der Waals surface area contributed by atoms with E-state index in [1.54, 1.807) is 42.5 Å². The topological polar surface area (TPSA) is 135 Å². The second-order valence-corrected chi connectivity index (χ2v) is 7.92. The highest BCUT2D eigenvalue weighted by molar-refractivity contribution is 5.99. The van der Waals surface area contributed by atoms with Crippen LogP contribution in [0, 0.1) is 0 Å². The van der Waals surface area contributed by atoms with Gasteiger partial charge in [-0.25, -0.2) is 0 Å². The molecule has 4 aromatic rings. The maximum Gasteiger partial charge on any atom is 0.255 e. The van der Waals surface area contributed by atoms with Crippen molar-refractivity contribution in [3.05, 3.63) is 92.2 Å². The molecule has 37 heavy (non-hydrogen) atoms. The number of hydrogen-bond donors (Lipinski definition) is 4. The van der Waals surface area contributed by atoms with Crippen molar-refractivity contribution < 1.29 is 24.1 Å². The Morgan fingerprint density at radius 3 is 2.03 bits per heavy atom. The number of aromatic hydroxyl groups is 1. The Labute approximate surface area is 212 Å². The minimum atomic E-state index is -0.730. The maximum absolute atomic E-state index is 13.0. The Balaban J connectivity index is 1.54. The third-order valence-electron chi connectivity index (χ3n) is 5.74. The van der Waals surface area contributed by atoms with Crippen LogP contribution >= 0.6 is 0 Å². The van der Waals surface area contributed by atoms with Crippen LogP contribution in [0.15, 0.2) is 70.3 Å². The van der Waals surface area contributed by atoms with Gasteiger partial charge in [-0.3, -0.25) is 14.4 Å². The van der Waals surface area contributed by atoms with Gasteiger partial charge in [-0.15, -0.1) is 0 Å². The first kappa shape index (κ1) is 25.1. The van der Waals surface area contributed by atoms with Gasteiger partial charge >= 0.3 is 0 Å². The van der Waals surface area contributed by atoms with Gasteiger partial charge in [0.15, 0.2) is 5.75 Å². The molecule has 0 aliphatic heterocycles. The number of phenolic OH excluding ortho intramolecular Hbond substituents is 1. The van der Waals surface area contributed by atoms with E-state index in [1.165, 1.54) is 33.5 Å². The summed E-state index contributed by atoms with van der Waals surface area (Å²) in [4.78, 5) is 37.3. The van der Waals surface area contributed by atoms with E-state index >= 15 is 0 Å². The lowest BCUT2D eigenvalue weighted by molar-refractivity contribution is 0.0948. The lowest BCUT2D eigenvalue weighted by Gasteiger charge is -2.17. The summed E-state index contributed by atoms with van der Waals surface area (Å²) in [5, 5.41) is 19.2. The summed E-state index contributed by atoms with van der Waals surface area (Å²) in [6.07, 6.45) is 0. The van der Waals surface area contributed by atoms with E-state index in [2.05, 4.69) is 16.0 Å². The number of amides is 1. The molecule has 0 aliphatic rings. The maximum atomic E-state index is 13.0. The van der Waals surface area contributed by atoms with Gasteiger partial charge in [0.25, 0.3) is 16.8 Å². The molecular weight excluding hydrogens is 478 g/mol. The number of phenols is 1. The van der Waals surface area contributed by atoms with E-state index in [0.717, 1.165) is 0 Å². The summed E-state index contributed by atoms with van der Waals surface area (Å²) in [6, 6.07) is 16.7. The fraction of sp³-hybridized carbons (Fsp3) is 0.148. The summed E-state index contributed by atoms with van der Waals surface area (Å²) in [7, 11) is 4.49. The van der Waals surface area contributed by atoms with Gasteiger partial charge in [0.1, 0.15) is 28.6 Å². The fourth-order valence-electron chi connectivity index (χ4n) is 3.77. The number of para-hydroxylation sites is 2.